The minimum atomic E-state index is -0.138. The maximum Gasteiger partial charge on any atom is 0.223 e. The van der Waals surface area contributed by atoms with E-state index in [1.54, 1.807) is 0 Å². The van der Waals surface area contributed by atoms with Gasteiger partial charge in [0.05, 0.1) is 18.8 Å². The third-order valence-electron chi connectivity index (χ3n) is 7.14. The summed E-state index contributed by atoms with van der Waals surface area (Å²) in [6.45, 7) is 3.26. The van der Waals surface area contributed by atoms with Crippen LogP contribution in [-0.4, -0.2) is 25.2 Å². The fourth-order valence-electron chi connectivity index (χ4n) is 5.43. The number of hydrazine groups is 1. The second-order valence-corrected chi connectivity index (χ2v) is 9.32. The van der Waals surface area contributed by atoms with Gasteiger partial charge in [0.2, 0.25) is 5.91 Å². The second kappa shape index (κ2) is 11.0. The molecule has 0 radical (unpaired) electrons. The van der Waals surface area contributed by atoms with Crippen molar-refractivity contribution >= 4 is 5.91 Å². The number of amides is 1. The van der Waals surface area contributed by atoms with E-state index in [1.165, 1.54) is 16.7 Å². The van der Waals surface area contributed by atoms with Gasteiger partial charge in [-0.1, -0.05) is 72.8 Å². The van der Waals surface area contributed by atoms with Crippen LogP contribution in [0.1, 0.15) is 42.1 Å². The molecule has 0 saturated carbocycles. The van der Waals surface area contributed by atoms with Gasteiger partial charge in [-0.2, -0.15) is 0 Å². The number of nitrogens with one attached hydrogen (secondary N) is 4. The van der Waals surface area contributed by atoms with Gasteiger partial charge in [0.25, 0.3) is 0 Å². The molecule has 182 valence electrons. The summed E-state index contributed by atoms with van der Waals surface area (Å²) in [5.74, 6) is 0.944. The van der Waals surface area contributed by atoms with Gasteiger partial charge in [-0.05, 0) is 48.6 Å². The van der Waals surface area contributed by atoms with Crippen molar-refractivity contribution in [2.24, 2.45) is 11.8 Å². The van der Waals surface area contributed by atoms with E-state index in [9.17, 15) is 4.79 Å². The Balaban J connectivity index is 1.35. The van der Waals surface area contributed by atoms with Crippen molar-refractivity contribution in [2.45, 2.75) is 38.0 Å². The molecule has 5 unspecified atom stereocenters. The molecule has 2 fully saturated rings. The Morgan fingerprint density at radius 3 is 2.34 bits per heavy atom. The summed E-state index contributed by atoms with van der Waals surface area (Å²) in [5.41, 5.74) is 10.5. The summed E-state index contributed by atoms with van der Waals surface area (Å²) in [6, 6.07) is 29.0. The molecular weight excluding hydrogens is 436 g/mol. The molecule has 5 rings (SSSR count). The quantitative estimate of drug-likeness (QED) is 0.402. The molecule has 2 saturated heterocycles. The SMILES string of the molecule is CCOc1ccc(C2CC(C(=O)NCCc3ccccc3)C3C(NNC3c3ccccc3)N2)cc1. The van der Waals surface area contributed by atoms with E-state index in [2.05, 4.69) is 70.0 Å². The molecule has 3 aromatic carbocycles. The van der Waals surface area contributed by atoms with Crippen LogP contribution >= 0.6 is 0 Å². The van der Waals surface area contributed by atoms with Gasteiger partial charge in [0, 0.05) is 24.4 Å². The molecule has 2 aliphatic heterocycles. The molecule has 2 heterocycles. The third-order valence-corrected chi connectivity index (χ3v) is 7.14. The highest BCUT2D eigenvalue weighted by atomic mass is 16.5. The van der Waals surface area contributed by atoms with Gasteiger partial charge >= 0.3 is 0 Å². The molecule has 4 N–H and O–H groups in total. The topological polar surface area (TPSA) is 74.4 Å². The first-order chi connectivity index (χ1) is 17.2. The number of fused-ring (bicyclic) bond motifs is 1. The van der Waals surface area contributed by atoms with Crippen LogP contribution in [0.15, 0.2) is 84.9 Å². The standard InChI is InChI=1S/C29H34N4O2/c1-2-35-23-15-13-21(14-16-23)25-19-24(29(34)30-18-17-20-9-5-3-6-10-20)26-27(32-33-28(26)31-25)22-11-7-4-8-12-22/h3-16,24-28,31-33H,2,17-19H2,1H3,(H,30,34). The van der Waals surface area contributed by atoms with Gasteiger partial charge in [-0.3, -0.25) is 10.1 Å². The molecule has 1 amide bonds. The van der Waals surface area contributed by atoms with Crippen LogP contribution in [0.25, 0.3) is 0 Å². The predicted octanol–water partition coefficient (Wildman–Crippen LogP) is 3.89. The van der Waals surface area contributed by atoms with Crippen LogP contribution < -0.4 is 26.2 Å². The number of piperidine rings is 1. The fourth-order valence-corrected chi connectivity index (χ4v) is 5.43. The maximum absolute atomic E-state index is 13.6. The van der Waals surface area contributed by atoms with Crippen molar-refractivity contribution < 1.29 is 9.53 Å². The number of ether oxygens (including phenoxy) is 1. The van der Waals surface area contributed by atoms with Crippen LogP contribution in [-0.2, 0) is 11.2 Å². The first-order valence-corrected chi connectivity index (χ1v) is 12.6. The Bertz CT molecular complexity index is 1090. The van der Waals surface area contributed by atoms with Crippen molar-refractivity contribution in [1.29, 1.82) is 0 Å². The lowest BCUT2D eigenvalue weighted by molar-refractivity contribution is -0.128. The van der Waals surface area contributed by atoms with E-state index in [1.807, 2.05) is 43.3 Å². The van der Waals surface area contributed by atoms with Crippen molar-refractivity contribution in [2.75, 3.05) is 13.2 Å². The molecule has 0 bridgehead atoms. The monoisotopic (exact) mass is 470 g/mol. The molecule has 6 nitrogen and oxygen atoms in total. The summed E-state index contributed by atoms with van der Waals surface area (Å²) in [6.07, 6.45) is 1.54. The summed E-state index contributed by atoms with van der Waals surface area (Å²) in [4.78, 5) is 13.6. The van der Waals surface area contributed by atoms with Crippen LogP contribution in [0, 0.1) is 11.8 Å². The Morgan fingerprint density at radius 1 is 0.914 bits per heavy atom. The van der Waals surface area contributed by atoms with Crippen molar-refractivity contribution in [3.05, 3.63) is 102 Å². The molecule has 2 aliphatic rings. The van der Waals surface area contributed by atoms with Gasteiger partial charge in [0.15, 0.2) is 0 Å². The zero-order chi connectivity index (χ0) is 24.0. The zero-order valence-electron chi connectivity index (χ0n) is 20.1. The summed E-state index contributed by atoms with van der Waals surface area (Å²) >= 11 is 0. The van der Waals surface area contributed by atoms with E-state index < -0.39 is 0 Å². The largest absolute Gasteiger partial charge is 0.494 e. The molecule has 3 aromatic rings. The van der Waals surface area contributed by atoms with E-state index in [0.29, 0.717) is 13.2 Å². The van der Waals surface area contributed by atoms with E-state index >= 15 is 0 Å². The lowest BCUT2D eigenvalue weighted by Crippen LogP contribution is -2.54. The van der Waals surface area contributed by atoms with E-state index in [-0.39, 0.29) is 36.0 Å². The summed E-state index contributed by atoms with van der Waals surface area (Å²) in [7, 11) is 0. The molecule has 0 aliphatic carbocycles. The lowest BCUT2D eigenvalue weighted by Gasteiger charge is -2.40. The highest BCUT2D eigenvalue weighted by Gasteiger charge is 2.49. The highest BCUT2D eigenvalue weighted by Crippen LogP contribution is 2.42. The van der Waals surface area contributed by atoms with Gasteiger partial charge in [0.1, 0.15) is 5.75 Å². The van der Waals surface area contributed by atoms with E-state index in [4.69, 9.17) is 4.74 Å². The Morgan fingerprint density at radius 2 is 1.63 bits per heavy atom. The first kappa shape index (κ1) is 23.5. The molecule has 5 atom stereocenters. The number of hydrogen-bond donors (Lipinski definition) is 4. The average molecular weight is 471 g/mol. The predicted molar refractivity (Wildman–Crippen MR) is 137 cm³/mol. The number of hydrogen-bond acceptors (Lipinski definition) is 5. The second-order valence-electron chi connectivity index (χ2n) is 9.32. The number of carbonyl (C=O) groups excluding carboxylic acids is 1. The van der Waals surface area contributed by atoms with Gasteiger partial charge in [-0.25, -0.2) is 10.9 Å². The van der Waals surface area contributed by atoms with Gasteiger partial charge < -0.3 is 10.1 Å². The van der Waals surface area contributed by atoms with Crippen molar-refractivity contribution in [3.8, 4) is 5.75 Å². The first-order valence-electron chi connectivity index (χ1n) is 12.6. The lowest BCUT2D eigenvalue weighted by atomic mass is 9.74. The fraction of sp³-hybridized carbons (Fsp3) is 0.345. The average Bonchev–Trinajstić information content (AvgIpc) is 3.34. The highest BCUT2D eigenvalue weighted by molar-refractivity contribution is 5.79. The molecule has 35 heavy (non-hydrogen) atoms. The minimum Gasteiger partial charge on any atom is -0.494 e. The Labute approximate surface area is 207 Å². The smallest absolute Gasteiger partial charge is 0.223 e. The summed E-state index contributed by atoms with van der Waals surface area (Å²) in [5, 5.41) is 7.00. The van der Waals surface area contributed by atoms with Gasteiger partial charge in [-0.15, -0.1) is 0 Å². The molecule has 0 spiro atoms. The molecule has 6 heteroatoms. The van der Waals surface area contributed by atoms with Crippen LogP contribution in [0.4, 0.5) is 0 Å². The van der Waals surface area contributed by atoms with Crippen LogP contribution in [0.5, 0.6) is 5.75 Å². The number of benzene rings is 3. The minimum absolute atomic E-state index is 0.0182. The normalized spacial score (nSPS) is 25.6. The third kappa shape index (κ3) is 5.40. The number of rotatable bonds is 8. The maximum atomic E-state index is 13.6. The molecular formula is C29H34N4O2. The molecule has 0 aromatic heterocycles. The number of carbonyl (C=O) groups is 1. The van der Waals surface area contributed by atoms with Crippen LogP contribution in [0.2, 0.25) is 0 Å². The summed E-state index contributed by atoms with van der Waals surface area (Å²) < 4.78 is 5.61. The van der Waals surface area contributed by atoms with E-state index in [0.717, 1.165) is 18.6 Å². The zero-order valence-corrected chi connectivity index (χ0v) is 20.1. The van der Waals surface area contributed by atoms with Crippen LogP contribution in [0.3, 0.4) is 0 Å². The van der Waals surface area contributed by atoms with Crippen molar-refractivity contribution in [1.82, 2.24) is 21.5 Å². The Kier molecular flexibility index (Phi) is 7.42. The van der Waals surface area contributed by atoms with Crippen molar-refractivity contribution in [3.63, 3.8) is 0 Å². The Hall–Kier alpha value is -3.19.